The van der Waals surface area contributed by atoms with Gasteiger partial charge in [-0.15, -0.1) is 11.3 Å². The Hall–Kier alpha value is -3.00. The van der Waals surface area contributed by atoms with Crippen molar-refractivity contribution in [1.82, 2.24) is 20.5 Å². The van der Waals surface area contributed by atoms with Crippen LogP contribution < -0.4 is 10.6 Å². The molecule has 2 fully saturated rings. The molecule has 3 aliphatic rings. The molecule has 2 heterocycles. The first-order valence-corrected chi connectivity index (χ1v) is 11.5. The summed E-state index contributed by atoms with van der Waals surface area (Å²) in [5.74, 6) is 0.831. The van der Waals surface area contributed by atoms with Gasteiger partial charge in [-0.05, 0) is 18.3 Å². The molecule has 8 heteroatoms. The number of carbonyl (C=O) groups is 2. The molecule has 2 aliphatic carbocycles. The minimum absolute atomic E-state index is 0.00693. The number of aromatic nitrogens is 1. The number of imide groups is 1. The molecule has 160 valence electrons. The van der Waals surface area contributed by atoms with Crippen molar-refractivity contribution in [2.45, 2.75) is 13.0 Å². The number of likely N-dealkylation sites (tertiary alicyclic amines) is 1. The minimum atomic E-state index is -0.136. The zero-order chi connectivity index (χ0) is 21.4. The van der Waals surface area contributed by atoms with E-state index in [1.165, 1.54) is 4.90 Å². The van der Waals surface area contributed by atoms with E-state index in [0.29, 0.717) is 25.6 Å². The Kier molecular flexibility index (Phi) is 5.31. The van der Waals surface area contributed by atoms with Crippen molar-refractivity contribution < 1.29 is 9.59 Å². The molecule has 0 radical (unpaired) electrons. The number of nitrogens with one attached hydrogen (secondary N) is 2. The smallest absolute Gasteiger partial charge is 0.233 e. The second kappa shape index (κ2) is 8.26. The van der Waals surface area contributed by atoms with E-state index in [9.17, 15) is 9.59 Å². The predicted molar refractivity (Wildman–Crippen MR) is 120 cm³/mol. The standard InChI is InChI=1S/C23H25N5O2S/c1-24-23(26-12-17-13-31-20(27-17)14-5-3-2-4-6-14)25-9-10-28-21(29)18-15-7-8-16(11-15)19(18)22(28)30/h2-8,13,15-16,18-19H,9-12H2,1H3,(H2,24,25,26). The number of carbonyl (C=O) groups excluding carboxylic acids is 2. The van der Waals surface area contributed by atoms with Crippen LogP contribution in [-0.4, -0.2) is 47.8 Å². The van der Waals surface area contributed by atoms with E-state index in [2.05, 4.69) is 32.8 Å². The van der Waals surface area contributed by atoms with E-state index in [-0.39, 0.29) is 35.5 Å². The highest BCUT2D eigenvalue weighted by molar-refractivity contribution is 7.13. The summed E-state index contributed by atoms with van der Waals surface area (Å²) >= 11 is 1.61. The largest absolute Gasteiger partial charge is 0.355 e. The van der Waals surface area contributed by atoms with Crippen LogP contribution in [0.1, 0.15) is 12.1 Å². The molecular formula is C23H25N5O2S. The zero-order valence-corrected chi connectivity index (χ0v) is 18.1. The summed E-state index contributed by atoms with van der Waals surface area (Å²) in [6.45, 7) is 1.37. The van der Waals surface area contributed by atoms with Gasteiger partial charge in [0.25, 0.3) is 0 Å². The summed E-state index contributed by atoms with van der Waals surface area (Å²) in [5.41, 5.74) is 2.04. The monoisotopic (exact) mass is 435 g/mol. The van der Waals surface area contributed by atoms with Crippen molar-refractivity contribution >= 4 is 29.1 Å². The van der Waals surface area contributed by atoms with Crippen LogP contribution in [0.2, 0.25) is 0 Å². The predicted octanol–water partition coefficient (Wildman–Crippen LogP) is 2.28. The van der Waals surface area contributed by atoms with Gasteiger partial charge in [0.2, 0.25) is 11.8 Å². The molecule has 2 N–H and O–H groups in total. The average Bonchev–Trinajstić information content (AvgIpc) is 3.57. The third-order valence-electron chi connectivity index (χ3n) is 6.42. The fraction of sp³-hybridized carbons (Fsp3) is 0.391. The average molecular weight is 436 g/mol. The first-order chi connectivity index (χ1) is 15.2. The van der Waals surface area contributed by atoms with Gasteiger partial charge in [0.1, 0.15) is 5.01 Å². The SMILES string of the molecule is CN=C(NCCN1C(=O)C2C3C=CC(C3)C2C1=O)NCc1csc(-c2ccccc2)n1. The van der Waals surface area contributed by atoms with Crippen LogP contribution in [0.3, 0.4) is 0 Å². The van der Waals surface area contributed by atoms with Crippen molar-refractivity contribution in [3.05, 3.63) is 53.6 Å². The van der Waals surface area contributed by atoms with E-state index in [0.717, 1.165) is 22.7 Å². The number of aliphatic imine (C=N–C) groups is 1. The van der Waals surface area contributed by atoms with E-state index in [1.807, 2.05) is 35.7 Å². The van der Waals surface area contributed by atoms with Gasteiger partial charge in [-0.1, -0.05) is 42.5 Å². The van der Waals surface area contributed by atoms with Crippen molar-refractivity contribution in [2.75, 3.05) is 20.1 Å². The number of amides is 2. The van der Waals surface area contributed by atoms with Crippen LogP contribution in [0.5, 0.6) is 0 Å². The van der Waals surface area contributed by atoms with E-state index >= 15 is 0 Å². The summed E-state index contributed by atoms with van der Waals surface area (Å²) in [6, 6.07) is 10.1. The third kappa shape index (κ3) is 3.65. The number of guanidine groups is 1. The molecule has 4 atom stereocenters. The first kappa shape index (κ1) is 19.9. The van der Waals surface area contributed by atoms with Gasteiger partial charge in [-0.3, -0.25) is 19.5 Å². The maximum absolute atomic E-state index is 12.8. The summed E-state index contributed by atoms with van der Waals surface area (Å²) in [6.07, 6.45) is 5.19. The molecule has 2 aromatic rings. The van der Waals surface area contributed by atoms with Crippen molar-refractivity contribution in [3.8, 4) is 10.6 Å². The van der Waals surface area contributed by atoms with E-state index < -0.39 is 0 Å². The van der Waals surface area contributed by atoms with Crippen LogP contribution in [0.4, 0.5) is 0 Å². The normalized spacial score (nSPS) is 26.6. The van der Waals surface area contributed by atoms with Gasteiger partial charge >= 0.3 is 0 Å². The Morgan fingerprint density at radius 2 is 1.84 bits per heavy atom. The lowest BCUT2D eigenvalue weighted by Crippen LogP contribution is -2.43. The number of rotatable bonds is 6. The van der Waals surface area contributed by atoms with Crippen molar-refractivity contribution in [1.29, 1.82) is 0 Å². The van der Waals surface area contributed by atoms with Gasteiger partial charge in [0.05, 0.1) is 24.1 Å². The highest BCUT2D eigenvalue weighted by Gasteiger charge is 2.58. The molecular weight excluding hydrogens is 410 g/mol. The number of hydrogen-bond acceptors (Lipinski definition) is 5. The van der Waals surface area contributed by atoms with Crippen molar-refractivity contribution in [2.24, 2.45) is 28.7 Å². The highest BCUT2D eigenvalue weighted by Crippen LogP contribution is 2.52. The van der Waals surface area contributed by atoms with Gasteiger partial charge in [0, 0.05) is 31.1 Å². The van der Waals surface area contributed by atoms with Gasteiger partial charge < -0.3 is 10.6 Å². The number of hydrogen-bond donors (Lipinski definition) is 2. The molecule has 31 heavy (non-hydrogen) atoms. The van der Waals surface area contributed by atoms with E-state index in [4.69, 9.17) is 0 Å². The maximum Gasteiger partial charge on any atom is 0.233 e. The molecule has 7 nitrogen and oxygen atoms in total. The quantitative estimate of drug-likeness (QED) is 0.315. The molecule has 2 amide bonds. The van der Waals surface area contributed by atoms with Gasteiger partial charge in [-0.2, -0.15) is 0 Å². The van der Waals surface area contributed by atoms with Crippen LogP contribution in [0.25, 0.3) is 10.6 Å². The number of thiazole rings is 1. The summed E-state index contributed by atoms with van der Waals surface area (Å²) in [5, 5.41) is 9.47. The topological polar surface area (TPSA) is 86.7 Å². The number of nitrogens with zero attached hydrogens (tertiary/aromatic N) is 3. The third-order valence-corrected chi connectivity index (χ3v) is 7.36. The fourth-order valence-corrected chi connectivity index (χ4v) is 5.79. The second-order valence-corrected chi connectivity index (χ2v) is 9.05. The Balaban J connectivity index is 1.11. The summed E-state index contributed by atoms with van der Waals surface area (Å²) in [7, 11) is 1.70. The molecule has 1 aromatic carbocycles. The number of fused-ring (bicyclic) bond motifs is 5. The molecule has 4 unspecified atom stereocenters. The van der Waals surface area contributed by atoms with Crippen LogP contribution in [0.15, 0.2) is 52.9 Å². The highest BCUT2D eigenvalue weighted by atomic mass is 32.1. The van der Waals surface area contributed by atoms with Crippen LogP contribution >= 0.6 is 11.3 Å². The number of benzene rings is 1. The number of allylic oxidation sites excluding steroid dienone is 2. The maximum atomic E-state index is 12.8. The Morgan fingerprint density at radius 1 is 1.13 bits per heavy atom. The van der Waals surface area contributed by atoms with Crippen molar-refractivity contribution in [3.63, 3.8) is 0 Å². The van der Waals surface area contributed by atoms with E-state index in [1.54, 1.807) is 18.4 Å². The lowest BCUT2D eigenvalue weighted by molar-refractivity contribution is -0.140. The van der Waals surface area contributed by atoms with Gasteiger partial charge in [0.15, 0.2) is 5.96 Å². The fourth-order valence-electron chi connectivity index (χ4n) is 4.97. The Morgan fingerprint density at radius 3 is 2.52 bits per heavy atom. The molecule has 1 saturated carbocycles. The molecule has 5 rings (SSSR count). The molecule has 1 saturated heterocycles. The summed E-state index contributed by atoms with van der Waals surface area (Å²) in [4.78, 5) is 35.9. The lowest BCUT2D eigenvalue weighted by Gasteiger charge is -2.18. The molecule has 1 aliphatic heterocycles. The molecule has 2 bridgehead atoms. The van der Waals surface area contributed by atoms with Crippen LogP contribution in [0, 0.1) is 23.7 Å². The summed E-state index contributed by atoms with van der Waals surface area (Å²) < 4.78 is 0. The minimum Gasteiger partial charge on any atom is -0.355 e. The molecule has 1 aromatic heterocycles. The lowest BCUT2D eigenvalue weighted by atomic mass is 9.85. The zero-order valence-electron chi connectivity index (χ0n) is 17.3. The second-order valence-electron chi connectivity index (χ2n) is 8.19. The molecule has 0 spiro atoms. The Bertz CT molecular complexity index is 1020. The Labute approximate surface area is 185 Å². The first-order valence-electron chi connectivity index (χ1n) is 10.6. The van der Waals surface area contributed by atoms with Gasteiger partial charge in [-0.25, -0.2) is 4.98 Å². The van der Waals surface area contributed by atoms with Crippen LogP contribution in [-0.2, 0) is 16.1 Å².